The fourth-order valence-corrected chi connectivity index (χ4v) is 1.97. The molecule has 11 nitrogen and oxygen atoms in total. The smallest absolute Gasteiger partial charge is 0.280 e. The molecule has 3 rings (SSSR count). The van der Waals surface area contributed by atoms with Gasteiger partial charge in [0.25, 0.3) is 5.56 Å². The Morgan fingerprint density at radius 3 is 2.90 bits per heavy atom. The lowest BCUT2D eigenvalue weighted by Crippen LogP contribution is -2.41. The number of nitrogens with zero attached hydrogens (tertiary/aromatic N) is 4. The fourth-order valence-electron chi connectivity index (χ4n) is 1.97. The highest BCUT2D eigenvalue weighted by Crippen LogP contribution is 2.20. The summed E-state index contributed by atoms with van der Waals surface area (Å²) in [6.45, 7) is -0.489. The van der Waals surface area contributed by atoms with Crippen molar-refractivity contribution in [2.45, 2.75) is 18.4 Å². The van der Waals surface area contributed by atoms with E-state index in [0.717, 1.165) is 9.85 Å². The van der Waals surface area contributed by atoms with Crippen molar-refractivity contribution < 1.29 is 20.2 Å². The van der Waals surface area contributed by atoms with E-state index in [1.165, 1.54) is 6.33 Å². The zero-order valence-electron chi connectivity index (χ0n) is 10.0. The highest BCUT2D eigenvalue weighted by molar-refractivity contribution is 5.70. The lowest BCUT2D eigenvalue weighted by atomic mass is 10.2. The number of rotatable bonds is 2. The van der Waals surface area contributed by atoms with Gasteiger partial charge in [0, 0.05) is 0 Å². The van der Waals surface area contributed by atoms with Gasteiger partial charge in [-0.25, -0.2) is 9.82 Å². The van der Waals surface area contributed by atoms with Gasteiger partial charge in [-0.3, -0.25) is 9.78 Å². The quantitative estimate of drug-likeness (QED) is 0.378. The second kappa shape index (κ2) is 4.42. The zero-order chi connectivity index (χ0) is 14.4. The maximum Gasteiger partial charge on any atom is 0.280 e. The van der Waals surface area contributed by atoms with Gasteiger partial charge in [0.05, 0.1) is 6.61 Å². The molecule has 1 fully saturated rings. The number of H-pyrrole nitrogens is 1. The van der Waals surface area contributed by atoms with Crippen LogP contribution in [-0.4, -0.2) is 60.0 Å². The first-order valence-electron chi connectivity index (χ1n) is 5.69. The minimum absolute atomic E-state index is 0.00283. The Hall–Kier alpha value is -2.21. The molecule has 1 aliphatic rings. The molecule has 108 valence electrons. The van der Waals surface area contributed by atoms with Crippen molar-refractivity contribution in [2.24, 2.45) is 0 Å². The molecular weight excluding hydrogens is 272 g/mol. The number of nitrogen functional groups attached to an aromatic ring is 1. The first kappa shape index (κ1) is 12.8. The molecule has 3 heterocycles. The number of imidazole rings is 1. The van der Waals surface area contributed by atoms with Gasteiger partial charge in [-0.05, 0) is 0 Å². The molecule has 1 aliphatic heterocycles. The van der Waals surface area contributed by atoms with Crippen molar-refractivity contribution in [1.29, 1.82) is 0 Å². The average Bonchev–Trinajstić information content (AvgIpc) is 2.93. The van der Waals surface area contributed by atoms with Crippen molar-refractivity contribution in [1.82, 2.24) is 19.6 Å². The molecule has 0 spiro atoms. The van der Waals surface area contributed by atoms with Crippen LogP contribution in [0.1, 0.15) is 0 Å². The molecule has 0 aliphatic carbocycles. The lowest BCUT2D eigenvalue weighted by Gasteiger charge is -2.21. The van der Waals surface area contributed by atoms with Crippen LogP contribution in [0.25, 0.3) is 11.2 Å². The van der Waals surface area contributed by atoms with Gasteiger partial charge in [0.2, 0.25) is 5.95 Å². The minimum Gasteiger partial charge on any atom is -0.393 e. The maximum atomic E-state index is 11.6. The predicted molar refractivity (Wildman–Crippen MR) is 64.8 cm³/mol. The molecule has 0 aromatic carbocycles. The van der Waals surface area contributed by atoms with E-state index in [2.05, 4.69) is 15.0 Å². The Balaban J connectivity index is 2.09. The van der Waals surface area contributed by atoms with Crippen LogP contribution in [0.4, 0.5) is 5.95 Å². The molecule has 0 radical (unpaired) electrons. The van der Waals surface area contributed by atoms with Crippen LogP contribution in [0.2, 0.25) is 0 Å². The SMILES string of the molecule is Nc1nc2c(ncn2N2OC(CO)C(O)C2O)c(=O)[nH]1. The predicted octanol–water partition coefficient (Wildman–Crippen LogP) is -3.37. The van der Waals surface area contributed by atoms with Crippen molar-refractivity contribution in [3.8, 4) is 0 Å². The first-order valence-corrected chi connectivity index (χ1v) is 5.69. The molecule has 2 aromatic heterocycles. The number of nitrogens with one attached hydrogen (secondary N) is 1. The van der Waals surface area contributed by atoms with E-state index < -0.39 is 30.6 Å². The van der Waals surface area contributed by atoms with Crippen LogP contribution in [0.3, 0.4) is 0 Å². The summed E-state index contributed by atoms with van der Waals surface area (Å²) in [5, 5.41) is 29.5. The number of hydrogen-bond donors (Lipinski definition) is 5. The standard InChI is InChI=1S/C9H12N6O5/c10-9-12-6-4(7(18)13-9)11-2-14(6)15-8(19)5(17)3(1-16)20-15/h2-3,5,8,16-17,19H,1H2,(H3,10,12,13,18). The van der Waals surface area contributed by atoms with Crippen LogP contribution < -0.4 is 16.5 Å². The van der Waals surface area contributed by atoms with E-state index in [-0.39, 0.29) is 17.1 Å². The van der Waals surface area contributed by atoms with Crippen LogP contribution in [0.15, 0.2) is 11.1 Å². The number of aliphatic hydroxyl groups excluding tert-OH is 3. The average molecular weight is 284 g/mol. The Bertz CT molecular complexity index is 698. The van der Waals surface area contributed by atoms with Gasteiger partial charge >= 0.3 is 0 Å². The molecule has 3 unspecified atom stereocenters. The molecule has 6 N–H and O–H groups in total. The monoisotopic (exact) mass is 284 g/mol. The molecule has 0 amide bonds. The third-order valence-corrected chi connectivity index (χ3v) is 2.96. The second-order valence-corrected chi connectivity index (χ2v) is 4.25. The number of aliphatic hydroxyl groups is 3. The summed E-state index contributed by atoms with van der Waals surface area (Å²) in [5.41, 5.74) is 4.95. The first-order chi connectivity index (χ1) is 9.52. The normalized spacial score (nSPS) is 26.6. The zero-order valence-corrected chi connectivity index (χ0v) is 10.0. The summed E-state index contributed by atoms with van der Waals surface area (Å²) in [6.07, 6.45) is -2.59. The molecule has 20 heavy (non-hydrogen) atoms. The molecule has 0 bridgehead atoms. The van der Waals surface area contributed by atoms with Gasteiger partial charge in [0.15, 0.2) is 17.4 Å². The molecule has 0 saturated carbocycles. The summed E-state index contributed by atoms with van der Waals surface area (Å²) in [7, 11) is 0. The van der Waals surface area contributed by atoms with E-state index in [1.54, 1.807) is 0 Å². The maximum absolute atomic E-state index is 11.6. The van der Waals surface area contributed by atoms with E-state index in [1.807, 2.05) is 0 Å². The molecule has 3 atom stereocenters. The largest absolute Gasteiger partial charge is 0.393 e. The number of hydroxylamine groups is 1. The number of nitrogens with two attached hydrogens (primary N) is 1. The minimum atomic E-state index is -1.45. The molecular formula is C9H12N6O5. The Morgan fingerprint density at radius 2 is 2.25 bits per heavy atom. The van der Waals surface area contributed by atoms with Crippen LogP contribution >= 0.6 is 0 Å². The topological polar surface area (TPSA) is 163 Å². The molecule has 2 aromatic rings. The fraction of sp³-hybridized carbons (Fsp3) is 0.444. The number of hydrogen-bond acceptors (Lipinski definition) is 9. The van der Waals surface area contributed by atoms with E-state index in [4.69, 9.17) is 15.7 Å². The van der Waals surface area contributed by atoms with Crippen molar-refractivity contribution >= 4 is 17.1 Å². The lowest BCUT2D eigenvalue weighted by molar-refractivity contribution is -0.0214. The summed E-state index contributed by atoms with van der Waals surface area (Å²) in [4.78, 5) is 26.8. The van der Waals surface area contributed by atoms with E-state index in [0.29, 0.717) is 0 Å². The summed E-state index contributed by atoms with van der Waals surface area (Å²) in [5.74, 6) is -0.128. The van der Waals surface area contributed by atoms with Gasteiger partial charge in [-0.2, -0.15) is 14.8 Å². The highest BCUT2D eigenvalue weighted by Gasteiger charge is 2.42. The van der Waals surface area contributed by atoms with Crippen molar-refractivity contribution in [3.05, 3.63) is 16.7 Å². The molecule has 1 saturated heterocycles. The summed E-state index contributed by atoms with van der Waals surface area (Å²) in [6, 6.07) is 0. The van der Waals surface area contributed by atoms with Crippen molar-refractivity contribution in [3.63, 3.8) is 0 Å². The Morgan fingerprint density at radius 1 is 1.50 bits per heavy atom. The Labute approximate surface area is 110 Å². The third-order valence-electron chi connectivity index (χ3n) is 2.96. The van der Waals surface area contributed by atoms with Gasteiger partial charge in [0.1, 0.15) is 18.5 Å². The van der Waals surface area contributed by atoms with Crippen LogP contribution in [-0.2, 0) is 4.84 Å². The Kier molecular flexibility index (Phi) is 2.83. The summed E-state index contributed by atoms with van der Waals surface area (Å²) >= 11 is 0. The van der Waals surface area contributed by atoms with Gasteiger partial charge < -0.3 is 21.1 Å². The van der Waals surface area contributed by atoms with Crippen molar-refractivity contribution in [2.75, 3.05) is 17.5 Å². The van der Waals surface area contributed by atoms with E-state index >= 15 is 0 Å². The van der Waals surface area contributed by atoms with Crippen LogP contribution in [0.5, 0.6) is 0 Å². The van der Waals surface area contributed by atoms with Gasteiger partial charge in [-0.1, -0.05) is 0 Å². The number of anilines is 1. The van der Waals surface area contributed by atoms with Crippen LogP contribution in [0, 0.1) is 0 Å². The third kappa shape index (κ3) is 1.72. The van der Waals surface area contributed by atoms with Gasteiger partial charge in [-0.15, -0.1) is 0 Å². The number of fused-ring (bicyclic) bond motifs is 1. The molecule has 11 heteroatoms. The summed E-state index contributed by atoms with van der Waals surface area (Å²) < 4.78 is 1.13. The number of aromatic amines is 1. The highest BCUT2D eigenvalue weighted by atomic mass is 16.8. The number of aromatic nitrogens is 4. The van der Waals surface area contributed by atoms with E-state index in [9.17, 15) is 15.0 Å². The second-order valence-electron chi connectivity index (χ2n) is 4.25.